The lowest BCUT2D eigenvalue weighted by Gasteiger charge is -2.20. The van der Waals surface area contributed by atoms with Gasteiger partial charge in [-0.3, -0.25) is 9.59 Å². The van der Waals surface area contributed by atoms with Crippen LogP contribution in [-0.2, 0) is 0 Å². The van der Waals surface area contributed by atoms with E-state index < -0.39 is 64.7 Å². The number of benzene rings is 3. The molecule has 0 saturated heterocycles. The number of ether oxygens (including phenoxy) is 1. The average molecular weight is 638 g/mol. The van der Waals surface area contributed by atoms with Gasteiger partial charge in [0.2, 0.25) is 0 Å². The number of carbonyl (C=O) groups is 2. The number of halogens is 8. The van der Waals surface area contributed by atoms with Gasteiger partial charge in [0.05, 0.1) is 5.69 Å². The Morgan fingerprint density at radius 1 is 0.689 bits per heavy atom. The number of hydrogen-bond donors (Lipinski definition) is 2. The van der Waals surface area contributed by atoms with Gasteiger partial charge in [-0.2, -0.15) is 17.6 Å². The van der Waals surface area contributed by atoms with E-state index in [2.05, 4.69) is 25.7 Å². The summed E-state index contributed by atoms with van der Waals surface area (Å²) in [7, 11) is 0. The molecule has 9 nitrogen and oxygen atoms in total. The molecular weight excluding hydrogens is 624 g/mol. The van der Waals surface area contributed by atoms with Crippen LogP contribution < -0.4 is 15.4 Å². The largest absolute Gasteiger partial charge is 0.461 e. The van der Waals surface area contributed by atoms with Crippen molar-refractivity contribution in [1.82, 2.24) is 10.3 Å². The smallest absolute Gasteiger partial charge is 0.426 e. The first-order chi connectivity index (χ1) is 21.3. The summed E-state index contributed by atoms with van der Waals surface area (Å²) in [5.41, 5.74) is -1.65. The van der Waals surface area contributed by atoms with Crippen LogP contribution in [0.15, 0.2) is 75.8 Å². The Morgan fingerprint density at radius 3 is 1.69 bits per heavy atom. The van der Waals surface area contributed by atoms with E-state index >= 15 is 0 Å². The summed E-state index contributed by atoms with van der Waals surface area (Å²) < 4.78 is 121. The Morgan fingerprint density at radius 2 is 1.20 bits per heavy atom. The molecule has 0 atom stereocenters. The zero-order valence-electron chi connectivity index (χ0n) is 21.9. The summed E-state index contributed by atoms with van der Waals surface area (Å²) in [6, 6.07) is 10.1. The van der Waals surface area contributed by atoms with Crippen LogP contribution in [0.4, 0.5) is 46.5 Å². The zero-order valence-corrected chi connectivity index (χ0v) is 21.9. The third-order valence-electron chi connectivity index (χ3n) is 5.88. The molecule has 0 aliphatic rings. The van der Waals surface area contributed by atoms with E-state index in [4.69, 9.17) is 9.05 Å². The maximum absolute atomic E-state index is 13.7. The molecule has 0 unspecified atom stereocenters. The molecule has 0 radical (unpaired) electrons. The third-order valence-corrected chi connectivity index (χ3v) is 5.88. The normalized spacial score (nSPS) is 11.5. The fourth-order valence-corrected chi connectivity index (χ4v) is 3.70. The minimum atomic E-state index is -4.99. The summed E-state index contributed by atoms with van der Waals surface area (Å²) in [5, 5.41) is 11.4. The van der Waals surface area contributed by atoms with E-state index in [0.717, 1.165) is 60.7 Å². The highest BCUT2D eigenvalue weighted by Crippen LogP contribution is 2.35. The molecule has 2 heterocycles. The van der Waals surface area contributed by atoms with Crippen LogP contribution in [0.3, 0.4) is 0 Å². The molecule has 45 heavy (non-hydrogen) atoms. The quantitative estimate of drug-likeness (QED) is 0.163. The highest BCUT2D eigenvalue weighted by Gasteiger charge is 2.44. The number of nitrogens with one attached hydrogen (secondary N) is 2. The highest BCUT2D eigenvalue weighted by molar-refractivity contribution is 6.06. The lowest BCUT2D eigenvalue weighted by molar-refractivity contribution is -0.252. The standard InChI is InChI=1S/C28H14F8N4O5/c29-15-4-1-12(7-17(15)31)23-10-20(39-44-23)25(41)37-14-3-6-22(43-28(35,36)27(33)34)19(9-14)38-26(42)21-11-24(45-40-21)13-2-5-16(30)18(32)8-13/h1-11,27H,(H,37,41)(H,38,42). The van der Waals surface area contributed by atoms with Crippen molar-refractivity contribution in [2.75, 3.05) is 10.6 Å². The van der Waals surface area contributed by atoms with Crippen molar-refractivity contribution in [3.8, 4) is 28.4 Å². The van der Waals surface area contributed by atoms with Gasteiger partial charge in [0.1, 0.15) is 5.75 Å². The van der Waals surface area contributed by atoms with E-state index in [9.17, 15) is 44.7 Å². The van der Waals surface area contributed by atoms with E-state index in [-0.39, 0.29) is 34.0 Å². The molecule has 0 fully saturated rings. The first kappa shape index (κ1) is 30.7. The molecule has 0 saturated carbocycles. The van der Waals surface area contributed by atoms with Crippen molar-refractivity contribution in [3.05, 3.63) is 101 Å². The summed E-state index contributed by atoms with van der Waals surface area (Å²) in [6.07, 6.45) is -9.25. The minimum absolute atomic E-state index is 0.00802. The second kappa shape index (κ2) is 12.1. The molecule has 2 N–H and O–H groups in total. The van der Waals surface area contributed by atoms with Crippen molar-refractivity contribution in [3.63, 3.8) is 0 Å². The second-order valence-electron chi connectivity index (χ2n) is 8.99. The van der Waals surface area contributed by atoms with Gasteiger partial charge in [0.15, 0.2) is 46.2 Å². The number of rotatable bonds is 9. The molecule has 3 aromatic carbocycles. The van der Waals surface area contributed by atoms with Crippen molar-refractivity contribution >= 4 is 23.2 Å². The Bertz CT molecular complexity index is 1910. The predicted octanol–water partition coefficient (Wildman–Crippen LogP) is 7.29. The van der Waals surface area contributed by atoms with Gasteiger partial charge in [-0.05, 0) is 54.6 Å². The van der Waals surface area contributed by atoms with E-state index in [1.807, 2.05) is 0 Å². The van der Waals surface area contributed by atoms with Gasteiger partial charge in [-0.15, -0.1) is 0 Å². The first-order valence-corrected chi connectivity index (χ1v) is 12.3. The fourth-order valence-electron chi connectivity index (χ4n) is 3.70. The topological polar surface area (TPSA) is 119 Å². The van der Waals surface area contributed by atoms with Crippen molar-refractivity contribution < 1.29 is 58.5 Å². The molecule has 0 spiro atoms. The Kier molecular flexibility index (Phi) is 8.26. The lowest BCUT2D eigenvalue weighted by atomic mass is 10.1. The molecular formula is C28H14F8N4O5. The van der Waals surface area contributed by atoms with Crippen LogP contribution >= 0.6 is 0 Å². The van der Waals surface area contributed by atoms with Crippen LogP contribution in [0.1, 0.15) is 21.0 Å². The van der Waals surface area contributed by atoms with Gasteiger partial charge in [-0.25, -0.2) is 17.6 Å². The molecule has 0 bridgehead atoms. The number of nitrogens with zero attached hydrogens (tertiary/aromatic N) is 2. The van der Waals surface area contributed by atoms with E-state index in [1.165, 1.54) is 6.07 Å². The maximum Gasteiger partial charge on any atom is 0.461 e. The highest BCUT2D eigenvalue weighted by atomic mass is 19.3. The van der Waals surface area contributed by atoms with Crippen molar-refractivity contribution in [2.24, 2.45) is 0 Å². The SMILES string of the molecule is O=C(Nc1ccc(OC(F)(F)C(F)F)c(NC(=O)c2cc(-c3ccc(F)c(F)c3)on2)c1)c1cc(-c2ccc(F)c(F)c2)on1. The van der Waals surface area contributed by atoms with E-state index in [1.54, 1.807) is 0 Å². The number of alkyl halides is 4. The van der Waals surface area contributed by atoms with Crippen molar-refractivity contribution in [1.29, 1.82) is 0 Å². The number of aromatic nitrogens is 2. The first-order valence-electron chi connectivity index (χ1n) is 12.3. The molecule has 0 aliphatic heterocycles. The van der Waals surface area contributed by atoms with Crippen LogP contribution in [-0.4, -0.2) is 34.7 Å². The predicted molar refractivity (Wildman–Crippen MR) is 138 cm³/mol. The number of amides is 2. The maximum atomic E-state index is 13.7. The zero-order chi connectivity index (χ0) is 32.5. The lowest BCUT2D eigenvalue weighted by Crippen LogP contribution is -2.33. The monoisotopic (exact) mass is 638 g/mol. The number of carbonyl (C=O) groups excluding carboxylic acids is 2. The minimum Gasteiger partial charge on any atom is -0.426 e. The summed E-state index contributed by atoms with van der Waals surface area (Å²) >= 11 is 0. The number of hydrogen-bond acceptors (Lipinski definition) is 7. The summed E-state index contributed by atoms with van der Waals surface area (Å²) in [5.74, 6) is -8.02. The van der Waals surface area contributed by atoms with Crippen molar-refractivity contribution in [2.45, 2.75) is 12.5 Å². The van der Waals surface area contributed by atoms with Gasteiger partial charge in [-0.1, -0.05) is 10.3 Å². The molecule has 0 aliphatic carbocycles. The average Bonchev–Trinajstić information content (AvgIpc) is 3.68. The van der Waals surface area contributed by atoms with Gasteiger partial charge in [0, 0.05) is 28.9 Å². The summed E-state index contributed by atoms with van der Waals surface area (Å²) in [6.45, 7) is 0. The van der Waals surface area contributed by atoms with Crippen LogP contribution in [0, 0.1) is 23.3 Å². The fraction of sp³-hybridized carbons (Fsp3) is 0.0714. The molecule has 2 amide bonds. The molecule has 17 heteroatoms. The van der Waals surface area contributed by atoms with Gasteiger partial charge in [0.25, 0.3) is 11.8 Å². The van der Waals surface area contributed by atoms with Gasteiger partial charge >= 0.3 is 12.5 Å². The van der Waals surface area contributed by atoms with Crippen LogP contribution in [0.25, 0.3) is 22.6 Å². The Balaban J connectivity index is 1.38. The molecule has 2 aromatic heterocycles. The van der Waals surface area contributed by atoms with Crippen LogP contribution in [0.2, 0.25) is 0 Å². The second-order valence-corrected chi connectivity index (χ2v) is 8.99. The third kappa shape index (κ3) is 6.76. The molecule has 232 valence electrons. The van der Waals surface area contributed by atoms with Crippen LogP contribution in [0.5, 0.6) is 5.75 Å². The van der Waals surface area contributed by atoms with E-state index in [0.29, 0.717) is 0 Å². The Labute approximate surface area is 245 Å². The number of anilines is 2. The Hall–Kier alpha value is -5.74. The molecule has 5 aromatic rings. The summed E-state index contributed by atoms with van der Waals surface area (Å²) in [4.78, 5) is 25.6. The molecule has 5 rings (SSSR count). The van der Waals surface area contributed by atoms with Gasteiger partial charge < -0.3 is 24.4 Å².